The van der Waals surface area contributed by atoms with E-state index in [4.69, 9.17) is 0 Å². The van der Waals surface area contributed by atoms with Crippen molar-refractivity contribution >= 4 is 28.3 Å². The summed E-state index contributed by atoms with van der Waals surface area (Å²) in [6, 6.07) is 8.11. The Morgan fingerprint density at radius 2 is 1.93 bits per heavy atom. The summed E-state index contributed by atoms with van der Waals surface area (Å²) in [5.74, 6) is -0.523. The lowest BCUT2D eigenvalue weighted by atomic mass is 10.1. The zero-order chi connectivity index (χ0) is 19.8. The van der Waals surface area contributed by atoms with E-state index in [0.29, 0.717) is 17.7 Å². The van der Waals surface area contributed by atoms with Crippen LogP contribution in [0.4, 0.5) is 24.5 Å². The predicted octanol–water partition coefficient (Wildman–Crippen LogP) is 3.79. The molecule has 0 spiro atoms. The van der Waals surface area contributed by atoms with Gasteiger partial charge in [-0.15, -0.1) is 5.10 Å². The molecule has 9 heteroatoms. The van der Waals surface area contributed by atoms with Crippen molar-refractivity contribution in [3.8, 4) is 0 Å². The molecule has 2 aromatic carbocycles. The summed E-state index contributed by atoms with van der Waals surface area (Å²) in [7, 11) is 3.38. The second-order valence-corrected chi connectivity index (χ2v) is 6.19. The highest BCUT2D eigenvalue weighted by atomic mass is 19.4. The van der Waals surface area contributed by atoms with Crippen molar-refractivity contribution in [2.75, 3.05) is 24.3 Å². The smallest absolute Gasteiger partial charge is 0.376 e. The van der Waals surface area contributed by atoms with Crippen molar-refractivity contribution < 1.29 is 18.0 Å². The van der Waals surface area contributed by atoms with Crippen LogP contribution in [0.5, 0.6) is 0 Å². The van der Waals surface area contributed by atoms with Gasteiger partial charge >= 0.3 is 6.18 Å². The molecule has 1 aromatic heterocycles. The molecule has 6 nitrogen and oxygen atoms in total. The van der Waals surface area contributed by atoms with Gasteiger partial charge in [0.2, 0.25) is 0 Å². The third kappa shape index (κ3) is 3.71. The molecule has 142 valence electrons. The number of hydrogen-bond acceptors (Lipinski definition) is 4. The number of nitrogens with one attached hydrogen (secondary N) is 1. The van der Waals surface area contributed by atoms with E-state index < -0.39 is 17.6 Å². The van der Waals surface area contributed by atoms with Crippen molar-refractivity contribution in [2.45, 2.75) is 19.6 Å². The molecule has 0 aliphatic rings. The van der Waals surface area contributed by atoms with Crippen molar-refractivity contribution in [1.82, 2.24) is 15.0 Å². The standard InChI is InChI=1S/C18H18F3N5O/c1-4-26-16-7-5-11(9-14(16)23-24-26)17(27)22-13-10-12(18(19,20)21)6-8-15(13)25(2)3/h5-10H,4H2,1-3H3,(H,22,27). The molecule has 3 rings (SSSR count). The van der Waals surface area contributed by atoms with E-state index in [1.165, 1.54) is 6.07 Å². The fraction of sp³-hybridized carbons (Fsp3) is 0.278. The van der Waals surface area contributed by atoms with Crippen LogP contribution in [0.3, 0.4) is 0 Å². The summed E-state index contributed by atoms with van der Waals surface area (Å²) in [5, 5.41) is 10.6. The minimum absolute atomic E-state index is 0.0807. The van der Waals surface area contributed by atoms with Crippen LogP contribution in [-0.4, -0.2) is 35.0 Å². The van der Waals surface area contributed by atoms with E-state index in [1.54, 1.807) is 41.9 Å². The first-order valence-electron chi connectivity index (χ1n) is 8.24. The van der Waals surface area contributed by atoms with Crippen LogP contribution in [0.1, 0.15) is 22.8 Å². The maximum absolute atomic E-state index is 13.0. The van der Waals surface area contributed by atoms with Gasteiger partial charge in [-0.05, 0) is 43.3 Å². The number of aromatic nitrogens is 3. The van der Waals surface area contributed by atoms with Gasteiger partial charge in [0.15, 0.2) is 0 Å². The lowest BCUT2D eigenvalue weighted by Gasteiger charge is -2.20. The second kappa shape index (κ2) is 6.90. The molecular formula is C18H18F3N5O. The summed E-state index contributed by atoms with van der Waals surface area (Å²) in [6.45, 7) is 2.56. The molecule has 0 aliphatic heterocycles. The molecule has 1 N–H and O–H groups in total. The fourth-order valence-corrected chi connectivity index (χ4v) is 2.74. The van der Waals surface area contributed by atoms with Gasteiger partial charge in [0.1, 0.15) is 5.52 Å². The van der Waals surface area contributed by atoms with E-state index in [0.717, 1.165) is 17.6 Å². The Morgan fingerprint density at radius 1 is 1.19 bits per heavy atom. The molecule has 0 saturated heterocycles. The maximum atomic E-state index is 13.0. The number of fused-ring (bicyclic) bond motifs is 1. The minimum atomic E-state index is -4.50. The van der Waals surface area contributed by atoms with Gasteiger partial charge in [-0.2, -0.15) is 13.2 Å². The van der Waals surface area contributed by atoms with Gasteiger partial charge < -0.3 is 10.2 Å². The number of amides is 1. The quantitative estimate of drug-likeness (QED) is 0.752. The highest BCUT2D eigenvalue weighted by molar-refractivity contribution is 6.07. The summed E-state index contributed by atoms with van der Waals surface area (Å²) in [4.78, 5) is 14.2. The van der Waals surface area contributed by atoms with E-state index in [-0.39, 0.29) is 11.3 Å². The highest BCUT2D eigenvalue weighted by Crippen LogP contribution is 2.35. The van der Waals surface area contributed by atoms with Crippen molar-refractivity contribution in [2.24, 2.45) is 0 Å². The Kier molecular flexibility index (Phi) is 4.77. The average Bonchev–Trinajstić information content (AvgIpc) is 3.02. The number of anilines is 2. The van der Waals surface area contributed by atoms with Crippen LogP contribution >= 0.6 is 0 Å². The Hall–Kier alpha value is -3.10. The molecule has 0 radical (unpaired) electrons. The van der Waals surface area contributed by atoms with Gasteiger partial charge in [-0.1, -0.05) is 5.21 Å². The molecule has 3 aromatic rings. The van der Waals surface area contributed by atoms with Crippen molar-refractivity contribution in [3.63, 3.8) is 0 Å². The lowest BCUT2D eigenvalue weighted by Crippen LogP contribution is -2.18. The van der Waals surface area contributed by atoms with Gasteiger partial charge in [0.05, 0.1) is 22.5 Å². The summed E-state index contributed by atoms with van der Waals surface area (Å²) in [6.07, 6.45) is -4.50. The number of hydrogen-bond donors (Lipinski definition) is 1. The lowest BCUT2D eigenvalue weighted by molar-refractivity contribution is -0.137. The predicted molar refractivity (Wildman–Crippen MR) is 96.9 cm³/mol. The van der Waals surface area contributed by atoms with E-state index in [9.17, 15) is 18.0 Å². The number of nitrogens with zero attached hydrogens (tertiary/aromatic N) is 4. The summed E-state index contributed by atoms with van der Waals surface area (Å²) >= 11 is 0. The Balaban J connectivity index is 1.95. The molecule has 0 aliphatic carbocycles. The number of benzene rings is 2. The molecule has 0 fully saturated rings. The summed E-state index contributed by atoms with van der Waals surface area (Å²) in [5.41, 5.74) is 1.33. The SMILES string of the molecule is CCn1nnc2cc(C(=O)Nc3cc(C(F)(F)F)ccc3N(C)C)ccc21. The zero-order valence-corrected chi connectivity index (χ0v) is 15.0. The van der Waals surface area contributed by atoms with Crippen molar-refractivity contribution in [1.29, 1.82) is 0 Å². The van der Waals surface area contributed by atoms with Gasteiger partial charge in [0.25, 0.3) is 5.91 Å². The van der Waals surface area contributed by atoms with E-state index in [2.05, 4.69) is 15.6 Å². The first-order chi connectivity index (χ1) is 12.7. The Labute approximate surface area is 153 Å². The largest absolute Gasteiger partial charge is 0.416 e. The van der Waals surface area contributed by atoms with Gasteiger partial charge in [-0.25, -0.2) is 4.68 Å². The molecule has 1 heterocycles. The summed E-state index contributed by atoms with van der Waals surface area (Å²) < 4.78 is 40.8. The van der Waals surface area contributed by atoms with Crippen LogP contribution in [0.15, 0.2) is 36.4 Å². The molecule has 0 bridgehead atoms. The third-order valence-electron chi connectivity index (χ3n) is 4.13. The number of alkyl halides is 3. The second-order valence-electron chi connectivity index (χ2n) is 6.19. The number of carbonyl (C=O) groups is 1. The molecular weight excluding hydrogens is 359 g/mol. The zero-order valence-electron chi connectivity index (χ0n) is 15.0. The monoisotopic (exact) mass is 377 g/mol. The van der Waals surface area contributed by atoms with Crippen LogP contribution < -0.4 is 10.2 Å². The van der Waals surface area contributed by atoms with Crippen LogP contribution in [-0.2, 0) is 12.7 Å². The number of halogens is 3. The Bertz CT molecular complexity index is 994. The number of aryl methyl sites for hydroxylation is 1. The highest BCUT2D eigenvalue weighted by Gasteiger charge is 2.31. The van der Waals surface area contributed by atoms with Gasteiger partial charge in [0, 0.05) is 26.2 Å². The van der Waals surface area contributed by atoms with Crippen LogP contribution in [0.25, 0.3) is 11.0 Å². The minimum Gasteiger partial charge on any atom is -0.376 e. The van der Waals surface area contributed by atoms with Crippen molar-refractivity contribution in [3.05, 3.63) is 47.5 Å². The van der Waals surface area contributed by atoms with Gasteiger partial charge in [-0.3, -0.25) is 4.79 Å². The molecule has 1 amide bonds. The average molecular weight is 377 g/mol. The number of carbonyl (C=O) groups excluding carboxylic acids is 1. The normalized spacial score (nSPS) is 11.6. The van der Waals surface area contributed by atoms with E-state index >= 15 is 0 Å². The molecule has 27 heavy (non-hydrogen) atoms. The van der Waals surface area contributed by atoms with Crippen LogP contribution in [0, 0.1) is 0 Å². The van der Waals surface area contributed by atoms with Crippen LogP contribution in [0.2, 0.25) is 0 Å². The third-order valence-corrected chi connectivity index (χ3v) is 4.13. The topological polar surface area (TPSA) is 63.1 Å². The molecule has 0 saturated carbocycles. The fourth-order valence-electron chi connectivity index (χ4n) is 2.74. The number of rotatable bonds is 4. The first kappa shape index (κ1) is 18.7. The maximum Gasteiger partial charge on any atom is 0.416 e. The first-order valence-corrected chi connectivity index (χ1v) is 8.24. The Morgan fingerprint density at radius 3 is 2.56 bits per heavy atom. The molecule has 0 unspecified atom stereocenters. The van der Waals surface area contributed by atoms with E-state index in [1.807, 2.05) is 6.92 Å². The molecule has 0 atom stereocenters.